The highest BCUT2D eigenvalue weighted by Crippen LogP contribution is 2.37. The highest BCUT2D eigenvalue weighted by atomic mass is 32.2. The molecule has 2 aliphatic carbocycles. The first-order valence-corrected chi connectivity index (χ1v) is 16.2. The lowest BCUT2D eigenvalue weighted by Crippen LogP contribution is -2.41. The molecule has 2 aromatic carbocycles. The zero-order valence-corrected chi connectivity index (χ0v) is 26.2. The van der Waals surface area contributed by atoms with Crippen molar-refractivity contribution in [3.63, 3.8) is 0 Å². The highest BCUT2D eigenvalue weighted by Gasteiger charge is 2.31. The number of nitrogens with one attached hydrogen (secondary N) is 1. The van der Waals surface area contributed by atoms with Crippen molar-refractivity contribution < 1.29 is 35.9 Å². The summed E-state index contributed by atoms with van der Waals surface area (Å²) in [6.07, 6.45) is -1.31. The lowest BCUT2D eigenvalue weighted by atomic mass is 9.95. The van der Waals surface area contributed by atoms with Gasteiger partial charge in [-0.25, -0.2) is 4.79 Å². The molecule has 1 amide bonds. The first kappa shape index (κ1) is 35.4. The Hall–Kier alpha value is -2.05. The molecule has 2 aliphatic rings. The van der Waals surface area contributed by atoms with Gasteiger partial charge in [0.25, 0.3) is 0 Å². The van der Waals surface area contributed by atoms with Gasteiger partial charge in [0, 0.05) is 32.4 Å². The molecule has 240 valence electrons. The third-order valence-electron chi connectivity index (χ3n) is 7.08. The quantitative estimate of drug-likeness (QED) is 0.316. The average molecular weight is 651 g/mol. The molecule has 2 aromatic rings. The molecule has 2 saturated carbocycles. The summed E-state index contributed by atoms with van der Waals surface area (Å²) < 4.78 is 80.2. The van der Waals surface area contributed by atoms with Gasteiger partial charge in [-0.2, -0.15) is 26.3 Å². The molecule has 0 radical (unpaired) electrons. The Morgan fingerprint density at radius 1 is 0.698 bits per heavy atom. The van der Waals surface area contributed by atoms with Crippen molar-refractivity contribution in [2.45, 2.75) is 122 Å². The fourth-order valence-corrected chi connectivity index (χ4v) is 7.21. The van der Waals surface area contributed by atoms with Crippen LogP contribution in [0.2, 0.25) is 0 Å². The van der Waals surface area contributed by atoms with Gasteiger partial charge in [0.15, 0.2) is 0 Å². The zero-order valence-electron chi connectivity index (χ0n) is 24.6. The third kappa shape index (κ3) is 12.8. The van der Waals surface area contributed by atoms with E-state index < -0.39 is 35.2 Å². The molecule has 2 fully saturated rings. The minimum atomic E-state index is -4.30. The summed E-state index contributed by atoms with van der Waals surface area (Å²) in [7, 11) is 0. The van der Waals surface area contributed by atoms with Crippen LogP contribution in [-0.4, -0.2) is 34.3 Å². The molecule has 4 nitrogen and oxygen atoms in total. The normalized spacial score (nSPS) is 23.1. The predicted octanol–water partition coefficient (Wildman–Crippen LogP) is 9.70. The number of hydrogen-bond donors (Lipinski definition) is 2. The standard InChI is InChI=1S/C18H24F3NO2S.C13H16F3NS/c1-17(2,3)24-16(23)22-13-6-10-15(11-7-13)25-14-8-4-12(5-9-14)18(19,20)21;14-13(15,16)9-1-5-11(6-2-9)18-12-7-3-10(17)4-8-12/h4-5,8-9,13,15H,6-7,10-11H2,1-3H3,(H,22,23);1-2,5-6,10,12H,3-4,7-8,17H2. The Bertz CT molecular complexity index is 1140. The number of carbonyl (C=O) groups is 1. The Morgan fingerprint density at radius 3 is 1.42 bits per heavy atom. The summed E-state index contributed by atoms with van der Waals surface area (Å²) in [4.78, 5) is 13.5. The van der Waals surface area contributed by atoms with E-state index in [0.29, 0.717) is 16.5 Å². The van der Waals surface area contributed by atoms with Gasteiger partial charge >= 0.3 is 18.4 Å². The van der Waals surface area contributed by atoms with Crippen LogP contribution in [0.25, 0.3) is 0 Å². The summed E-state index contributed by atoms with van der Waals surface area (Å²) in [5.74, 6) is 0. The minimum absolute atomic E-state index is 0.0966. The number of alkyl halides is 6. The summed E-state index contributed by atoms with van der Waals surface area (Å²) in [6, 6.07) is 11.1. The van der Waals surface area contributed by atoms with Gasteiger partial charge in [0.05, 0.1) is 11.1 Å². The Kier molecular flexibility index (Phi) is 12.6. The number of carbonyl (C=O) groups excluding carboxylic acids is 1. The van der Waals surface area contributed by atoms with E-state index in [1.807, 2.05) is 20.8 Å². The van der Waals surface area contributed by atoms with E-state index in [9.17, 15) is 31.1 Å². The lowest BCUT2D eigenvalue weighted by Gasteiger charge is -2.29. The Morgan fingerprint density at radius 2 is 1.07 bits per heavy atom. The van der Waals surface area contributed by atoms with Crippen LogP contribution < -0.4 is 11.1 Å². The molecule has 0 unspecified atom stereocenters. The number of ether oxygens (including phenoxy) is 1. The number of amides is 1. The molecule has 3 N–H and O–H groups in total. The van der Waals surface area contributed by atoms with Crippen molar-refractivity contribution in [2.75, 3.05) is 0 Å². The van der Waals surface area contributed by atoms with Gasteiger partial charge in [-0.1, -0.05) is 0 Å². The van der Waals surface area contributed by atoms with E-state index in [1.54, 1.807) is 35.7 Å². The number of benzene rings is 2. The molecule has 0 heterocycles. The molecule has 4 rings (SSSR count). The number of nitrogens with two attached hydrogens (primary N) is 1. The molecule has 0 saturated heterocycles. The number of alkyl carbamates (subject to hydrolysis) is 1. The van der Waals surface area contributed by atoms with E-state index in [2.05, 4.69) is 5.32 Å². The smallest absolute Gasteiger partial charge is 0.416 e. The fourth-order valence-electron chi connectivity index (χ4n) is 4.84. The molecular formula is C31H40F6N2O2S2. The van der Waals surface area contributed by atoms with Crippen LogP contribution in [0.1, 0.15) is 83.3 Å². The van der Waals surface area contributed by atoms with E-state index in [1.165, 1.54) is 12.1 Å². The molecule has 12 heteroatoms. The molecule has 43 heavy (non-hydrogen) atoms. The second-order valence-electron chi connectivity index (χ2n) is 11.9. The highest BCUT2D eigenvalue weighted by molar-refractivity contribution is 8.00. The number of rotatable bonds is 5. The fraction of sp³-hybridized carbons (Fsp3) is 0.581. The molecule has 0 spiro atoms. The SMILES string of the molecule is CC(C)(C)OC(=O)NC1CCC(Sc2ccc(C(F)(F)F)cc2)CC1.NC1CCC(Sc2ccc(C(F)(F)F)cc2)CC1. The second-order valence-corrected chi connectivity index (χ2v) is 14.7. The van der Waals surface area contributed by atoms with Crippen LogP contribution in [-0.2, 0) is 17.1 Å². The van der Waals surface area contributed by atoms with Crippen LogP contribution in [0, 0.1) is 0 Å². The van der Waals surface area contributed by atoms with Crippen LogP contribution in [0.4, 0.5) is 31.1 Å². The maximum atomic E-state index is 12.6. The number of thioether (sulfide) groups is 2. The molecule has 0 atom stereocenters. The van der Waals surface area contributed by atoms with Crippen LogP contribution in [0.5, 0.6) is 0 Å². The topological polar surface area (TPSA) is 64.3 Å². The van der Waals surface area contributed by atoms with Crippen LogP contribution in [0.15, 0.2) is 58.3 Å². The van der Waals surface area contributed by atoms with Gasteiger partial charge in [0.2, 0.25) is 0 Å². The molecule has 0 bridgehead atoms. The van der Waals surface area contributed by atoms with Crippen LogP contribution in [0.3, 0.4) is 0 Å². The largest absolute Gasteiger partial charge is 0.444 e. The first-order valence-electron chi connectivity index (χ1n) is 14.4. The summed E-state index contributed by atoms with van der Waals surface area (Å²) in [6.45, 7) is 5.47. The maximum Gasteiger partial charge on any atom is 0.416 e. The predicted molar refractivity (Wildman–Crippen MR) is 160 cm³/mol. The third-order valence-corrected chi connectivity index (χ3v) is 9.78. The van der Waals surface area contributed by atoms with Gasteiger partial charge < -0.3 is 15.8 Å². The van der Waals surface area contributed by atoms with Gasteiger partial charge in [-0.05, 0) is 121 Å². The van der Waals surface area contributed by atoms with E-state index in [-0.39, 0.29) is 6.04 Å². The zero-order chi connectivity index (χ0) is 31.8. The Labute approximate surface area is 258 Å². The summed E-state index contributed by atoms with van der Waals surface area (Å²) in [5, 5.41) is 3.73. The molecular weight excluding hydrogens is 610 g/mol. The first-order chi connectivity index (χ1) is 20.0. The average Bonchev–Trinajstić information content (AvgIpc) is 2.90. The van der Waals surface area contributed by atoms with E-state index in [0.717, 1.165) is 85.4 Å². The van der Waals surface area contributed by atoms with Gasteiger partial charge in [-0.3, -0.25) is 0 Å². The van der Waals surface area contributed by atoms with Crippen molar-refractivity contribution in [2.24, 2.45) is 5.73 Å². The van der Waals surface area contributed by atoms with Crippen molar-refractivity contribution in [3.05, 3.63) is 59.7 Å². The van der Waals surface area contributed by atoms with Gasteiger partial charge in [-0.15, -0.1) is 23.5 Å². The summed E-state index contributed by atoms with van der Waals surface area (Å²) in [5.41, 5.74) is 4.10. The van der Waals surface area contributed by atoms with Crippen LogP contribution >= 0.6 is 23.5 Å². The van der Waals surface area contributed by atoms with Crippen molar-refractivity contribution in [1.29, 1.82) is 0 Å². The molecule has 0 aliphatic heterocycles. The van der Waals surface area contributed by atoms with Gasteiger partial charge in [0.1, 0.15) is 5.60 Å². The Balaban J connectivity index is 0.000000248. The second kappa shape index (κ2) is 15.3. The maximum absolute atomic E-state index is 12.6. The molecule has 0 aromatic heterocycles. The van der Waals surface area contributed by atoms with Crippen molar-refractivity contribution in [3.8, 4) is 0 Å². The monoisotopic (exact) mass is 650 g/mol. The van der Waals surface area contributed by atoms with Crippen molar-refractivity contribution >= 4 is 29.6 Å². The van der Waals surface area contributed by atoms with E-state index in [4.69, 9.17) is 10.5 Å². The number of halogens is 6. The van der Waals surface area contributed by atoms with Crippen molar-refractivity contribution in [1.82, 2.24) is 5.32 Å². The minimum Gasteiger partial charge on any atom is -0.444 e. The lowest BCUT2D eigenvalue weighted by molar-refractivity contribution is -0.138. The van der Waals surface area contributed by atoms with E-state index >= 15 is 0 Å². The summed E-state index contributed by atoms with van der Waals surface area (Å²) >= 11 is 3.27. The number of hydrogen-bond acceptors (Lipinski definition) is 5.